The van der Waals surface area contributed by atoms with Gasteiger partial charge in [-0.3, -0.25) is 4.99 Å². The molecule has 1 aliphatic heterocycles. The van der Waals surface area contributed by atoms with Gasteiger partial charge in [0, 0.05) is 10.9 Å². The second kappa shape index (κ2) is 3.13. The molecule has 0 saturated carbocycles. The molecule has 1 aliphatic rings. The lowest BCUT2D eigenvalue weighted by Crippen LogP contribution is -2.00. The van der Waals surface area contributed by atoms with Crippen LogP contribution in [-0.2, 0) is 0 Å². The molecule has 0 saturated heterocycles. The largest absolute Gasteiger partial charge is 0.289 e. The van der Waals surface area contributed by atoms with Crippen LogP contribution >= 0.6 is 11.5 Å². The number of hydrogen-bond donors (Lipinski definition) is 0. The van der Waals surface area contributed by atoms with Gasteiger partial charge in [0.15, 0.2) is 0 Å². The lowest BCUT2D eigenvalue weighted by molar-refractivity contribution is 0.604. The van der Waals surface area contributed by atoms with E-state index in [-0.39, 0.29) is 0 Å². The zero-order valence-electron chi connectivity index (χ0n) is 6.16. The fourth-order valence-corrected chi connectivity index (χ4v) is 1.79. The van der Waals surface area contributed by atoms with E-state index in [2.05, 4.69) is 15.6 Å². The lowest BCUT2D eigenvalue weighted by Gasteiger charge is -2.12. The van der Waals surface area contributed by atoms with Gasteiger partial charge in [-0.1, -0.05) is 0 Å². The second-order valence-electron chi connectivity index (χ2n) is 2.66. The normalized spacial score (nSPS) is 23.8. The molecule has 1 aromatic rings. The summed E-state index contributed by atoms with van der Waals surface area (Å²) in [5, 5.41) is 2.04. The minimum absolute atomic E-state index is 0.350. The molecule has 0 aromatic carbocycles. The van der Waals surface area contributed by atoms with Gasteiger partial charge < -0.3 is 0 Å². The topological polar surface area (TPSA) is 25.2 Å². The molecule has 57 valence electrons. The van der Waals surface area contributed by atoms with Crippen molar-refractivity contribution in [3.63, 3.8) is 0 Å². The maximum atomic E-state index is 4.38. The van der Waals surface area contributed by atoms with E-state index in [0.717, 1.165) is 18.4 Å². The van der Waals surface area contributed by atoms with Crippen molar-refractivity contribution in [2.45, 2.75) is 25.3 Å². The summed E-state index contributed by atoms with van der Waals surface area (Å²) in [5.74, 6) is 0. The predicted molar refractivity (Wildman–Crippen MR) is 46.0 cm³/mol. The summed E-state index contributed by atoms with van der Waals surface area (Å²) in [7, 11) is 0. The Labute approximate surface area is 70.1 Å². The monoisotopic (exact) mass is 165 g/mol. The Morgan fingerprint density at radius 2 is 2.64 bits per heavy atom. The van der Waals surface area contributed by atoms with Crippen molar-refractivity contribution in [1.82, 2.24) is 4.37 Å². The first kappa shape index (κ1) is 6.98. The van der Waals surface area contributed by atoms with Gasteiger partial charge in [0.1, 0.15) is 6.20 Å². The smallest absolute Gasteiger partial charge is 0.109 e. The summed E-state index contributed by atoms with van der Waals surface area (Å²) >= 11 is 1.45. The highest BCUT2D eigenvalue weighted by atomic mass is 32.1. The Bertz CT molecular complexity index is 241. The van der Waals surface area contributed by atoms with Crippen LogP contribution in [0.5, 0.6) is 0 Å². The third-order valence-electron chi connectivity index (χ3n) is 1.86. The predicted octanol–water partition coefficient (Wildman–Crippen LogP) is 2.24. The van der Waals surface area contributed by atoms with E-state index < -0.39 is 0 Å². The van der Waals surface area contributed by atoms with Crippen molar-refractivity contribution in [1.29, 1.82) is 0 Å². The molecule has 1 atom stereocenters. The van der Waals surface area contributed by atoms with Gasteiger partial charge >= 0.3 is 0 Å². The van der Waals surface area contributed by atoms with Crippen LogP contribution in [0.4, 0.5) is 0 Å². The van der Waals surface area contributed by atoms with Crippen molar-refractivity contribution in [2.24, 2.45) is 4.99 Å². The highest BCUT2D eigenvalue weighted by Crippen LogP contribution is 2.25. The summed E-state index contributed by atoms with van der Waals surface area (Å²) in [5.41, 5.74) is 1.16. The third kappa shape index (κ3) is 1.48. The molecule has 0 aliphatic carbocycles. The van der Waals surface area contributed by atoms with Gasteiger partial charge in [0.25, 0.3) is 0 Å². The highest BCUT2D eigenvalue weighted by molar-refractivity contribution is 7.03. The van der Waals surface area contributed by atoms with E-state index in [9.17, 15) is 0 Å². The van der Waals surface area contributed by atoms with E-state index in [1.807, 2.05) is 11.6 Å². The van der Waals surface area contributed by atoms with Crippen LogP contribution in [0, 0.1) is 6.20 Å². The van der Waals surface area contributed by atoms with Crippen molar-refractivity contribution < 1.29 is 0 Å². The second-order valence-corrected chi connectivity index (χ2v) is 3.29. The first-order valence-electron chi connectivity index (χ1n) is 3.80. The fourth-order valence-electron chi connectivity index (χ4n) is 1.26. The van der Waals surface area contributed by atoms with E-state index in [4.69, 9.17) is 0 Å². The van der Waals surface area contributed by atoms with Crippen LogP contribution in [0.15, 0.2) is 10.4 Å². The third-order valence-corrected chi connectivity index (χ3v) is 2.42. The molecule has 11 heavy (non-hydrogen) atoms. The highest BCUT2D eigenvalue weighted by Gasteiger charge is 2.12. The van der Waals surface area contributed by atoms with Crippen LogP contribution in [0.25, 0.3) is 0 Å². The Hall–Kier alpha value is -0.700. The van der Waals surface area contributed by atoms with E-state index in [1.54, 1.807) is 0 Å². The summed E-state index contributed by atoms with van der Waals surface area (Å²) in [6, 6.07) is 0.350. The average molecular weight is 165 g/mol. The van der Waals surface area contributed by atoms with Gasteiger partial charge in [-0.2, -0.15) is 4.37 Å². The first-order chi connectivity index (χ1) is 5.47. The number of rotatable bonds is 1. The first-order valence-corrected chi connectivity index (χ1v) is 4.64. The lowest BCUT2D eigenvalue weighted by atomic mass is 10.0. The zero-order chi connectivity index (χ0) is 7.52. The van der Waals surface area contributed by atoms with Gasteiger partial charge in [-0.25, -0.2) is 0 Å². The summed E-state index contributed by atoms with van der Waals surface area (Å²) < 4.78 is 3.94. The van der Waals surface area contributed by atoms with E-state index in [1.165, 1.54) is 18.0 Å². The van der Waals surface area contributed by atoms with Crippen LogP contribution in [-0.4, -0.2) is 10.6 Å². The molecular formula is C8H9N2S. The molecule has 1 aromatic heterocycles. The molecular weight excluding hydrogens is 156 g/mol. The molecule has 2 rings (SSSR count). The van der Waals surface area contributed by atoms with E-state index >= 15 is 0 Å². The maximum absolute atomic E-state index is 4.38. The molecule has 0 N–H and O–H groups in total. The number of aromatic nitrogens is 1. The van der Waals surface area contributed by atoms with Crippen LogP contribution in [0.1, 0.15) is 30.9 Å². The minimum Gasteiger partial charge on any atom is -0.289 e. The van der Waals surface area contributed by atoms with Crippen LogP contribution in [0.3, 0.4) is 0 Å². The summed E-state index contributed by atoms with van der Waals surface area (Å²) in [4.78, 5) is 4.38. The number of hydrogen-bond acceptors (Lipinski definition) is 3. The molecule has 0 spiro atoms. The van der Waals surface area contributed by atoms with Crippen molar-refractivity contribution in [3.8, 4) is 0 Å². The molecule has 0 fully saturated rings. The zero-order valence-corrected chi connectivity index (χ0v) is 6.97. The molecule has 0 amide bonds. The quantitative estimate of drug-likeness (QED) is 0.626. The van der Waals surface area contributed by atoms with Gasteiger partial charge in [-0.05, 0) is 37.0 Å². The van der Waals surface area contributed by atoms with Crippen LogP contribution < -0.4 is 0 Å². The Kier molecular flexibility index (Phi) is 1.99. The molecule has 2 nitrogen and oxygen atoms in total. The number of aliphatic imine (C=N–C) groups is 1. The molecule has 1 radical (unpaired) electrons. The molecule has 3 heteroatoms. The Morgan fingerprint density at radius 3 is 3.27 bits per heavy atom. The van der Waals surface area contributed by atoms with Crippen LogP contribution in [0.2, 0.25) is 0 Å². The maximum Gasteiger partial charge on any atom is 0.109 e. The fraction of sp³-hybridized carbons (Fsp3) is 0.500. The standard InChI is InChI=1S/C8H9N2S/c1-2-4-9-8(3-1)7-5-10-11-6-7/h4,6,8H,1-3H2. The van der Waals surface area contributed by atoms with Crippen molar-refractivity contribution in [3.05, 3.63) is 17.1 Å². The Morgan fingerprint density at radius 1 is 1.64 bits per heavy atom. The van der Waals surface area contributed by atoms with Gasteiger partial charge in [0.2, 0.25) is 0 Å². The summed E-state index contributed by atoms with van der Waals surface area (Å²) in [6.07, 6.45) is 8.51. The van der Waals surface area contributed by atoms with Gasteiger partial charge in [0.05, 0.1) is 6.04 Å². The SMILES string of the molecule is [c]1nscc1C1CCCC=N1. The van der Waals surface area contributed by atoms with Gasteiger partial charge in [-0.15, -0.1) is 0 Å². The minimum atomic E-state index is 0.350. The van der Waals surface area contributed by atoms with Crippen molar-refractivity contribution in [2.75, 3.05) is 0 Å². The van der Waals surface area contributed by atoms with E-state index in [0.29, 0.717) is 6.04 Å². The average Bonchev–Trinajstić information content (AvgIpc) is 2.58. The summed E-state index contributed by atoms with van der Waals surface area (Å²) in [6.45, 7) is 0. The molecule has 2 heterocycles. The number of nitrogens with zero attached hydrogens (tertiary/aromatic N) is 2. The van der Waals surface area contributed by atoms with Crippen molar-refractivity contribution >= 4 is 17.7 Å². The molecule has 0 bridgehead atoms. The Balaban J connectivity index is 2.16. The molecule has 1 unspecified atom stereocenters.